The number of rotatable bonds is 5. The lowest BCUT2D eigenvalue weighted by Gasteiger charge is -2.15. The lowest BCUT2D eigenvalue weighted by molar-refractivity contribution is 0.267. The first-order valence-electron chi connectivity index (χ1n) is 7.41. The smallest absolute Gasteiger partial charge is 0.161 e. The van der Waals surface area contributed by atoms with Gasteiger partial charge in [-0.1, -0.05) is 0 Å². The van der Waals surface area contributed by atoms with Gasteiger partial charge in [0, 0.05) is 36.3 Å². The summed E-state index contributed by atoms with van der Waals surface area (Å²) in [6.45, 7) is 2.35. The van der Waals surface area contributed by atoms with Gasteiger partial charge in [0.15, 0.2) is 11.5 Å². The van der Waals surface area contributed by atoms with Gasteiger partial charge in [-0.15, -0.1) is 0 Å². The zero-order chi connectivity index (χ0) is 15.5. The van der Waals surface area contributed by atoms with Crippen LogP contribution in [0.2, 0.25) is 0 Å². The lowest BCUT2D eigenvalue weighted by Crippen LogP contribution is -2.25. The predicted molar refractivity (Wildman–Crippen MR) is 83.3 cm³/mol. The van der Waals surface area contributed by atoms with Gasteiger partial charge in [0.05, 0.1) is 33.1 Å². The number of methoxy groups -OCH3 is 2. The number of aliphatic hydroxyl groups is 1. The van der Waals surface area contributed by atoms with E-state index in [0.717, 1.165) is 30.8 Å². The Morgan fingerprint density at radius 3 is 2.82 bits per heavy atom. The standard InChI is InChI=1S/C16H21N3O3/c1-21-14-4-3-11(9-15(14)22-2)16-12-10-17-6-5-13(12)19(18-16)7-8-20/h3-4,9,17,20H,5-8,10H2,1-2H3. The van der Waals surface area contributed by atoms with Crippen LogP contribution < -0.4 is 14.8 Å². The summed E-state index contributed by atoms with van der Waals surface area (Å²) in [7, 11) is 3.25. The Labute approximate surface area is 129 Å². The third kappa shape index (κ3) is 2.55. The van der Waals surface area contributed by atoms with Crippen molar-refractivity contribution in [2.75, 3.05) is 27.4 Å². The Kier molecular flexibility index (Phi) is 4.31. The Morgan fingerprint density at radius 2 is 2.09 bits per heavy atom. The SMILES string of the molecule is COc1ccc(-c2nn(CCO)c3c2CNCC3)cc1OC. The first kappa shape index (κ1) is 14.9. The molecule has 6 heteroatoms. The highest BCUT2D eigenvalue weighted by molar-refractivity contribution is 5.68. The molecule has 0 bridgehead atoms. The molecule has 0 saturated heterocycles. The maximum absolute atomic E-state index is 9.24. The molecule has 2 aromatic rings. The number of hydrogen-bond donors (Lipinski definition) is 2. The van der Waals surface area contributed by atoms with Crippen molar-refractivity contribution in [3.8, 4) is 22.8 Å². The molecule has 3 rings (SSSR count). The molecule has 1 aromatic heterocycles. The molecule has 0 radical (unpaired) electrons. The normalized spacial score (nSPS) is 13.8. The molecule has 2 N–H and O–H groups in total. The number of benzene rings is 1. The summed E-state index contributed by atoms with van der Waals surface area (Å²) in [6.07, 6.45) is 0.926. The molecular formula is C16H21N3O3. The third-order valence-corrected chi connectivity index (χ3v) is 3.98. The second-order valence-corrected chi connectivity index (χ2v) is 5.22. The first-order chi connectivity index (χ1) is 10.8. The second kappa shape index (κ2) is 6.37. The van der Waals surface area contributed by atoms with E-state index in [-0.39, 0.29) is 6.61 Å². The molecule has 1 aliphatic rings. The summed E-state index contributed by atoms with van der Waals surface area (Å²) in [5, 5.41) is 17.3. The topological polar surface area (TPSA) is 68.5 Å². The van der Waals surface area contributed by atoms with Crippen molar-refractivity contribution in [3.05, 3.63) is 29.5 Å². The minimum absolute atomic E-state index is 0.0902. The molecule has 1 aliphatic heterocycles. The predicted octanol–water partition coefficient (Wildman–Crippen LogP) is 1.21. The number of fused-ring (bicyclic) bond motifs is 1. The average Bonchev–Trinajstić information content (AvgIpc) is 2.93. The molecule has 0 saturated carbocycles. The summed E-state index contributed by atoms with van der Waals surface area (Å²) in [4.78, 5) is 0. The van der Waals surface area contributed by atoms with Crippen LogP contribution in [0.25, 0.3) is 11.3 Å². The van der Waals surface area contributed by atoms with Gasteiger partial charge in [0.2, 0.25) is 0 Å². The van der Waals surface area contributed by atoms with Crippen LogP contribution in [-0.2, 0) is 19.5 Å². The average molecular weight is 303 g/mol. The van der Waals surface area contributed by atoms with Crippen LogP contribution in [0.1, 0.15) is 11.3 Å². The van der Waals surface area contributed by atoms with Gasteiger partial charge >= 0.3 is 0 Å². The molecule has 0 unspecified atom stereocenters. The van der Waals surface area contributed by atoms with E-state index in [1.54, 1.807) is 14.2 Å². The fourth-order valence-corrected chi connectivity index (χ4v) is 2.91. The molecule has 6 nitrogen and oxygen atoms in total. The number of hydrogen-bond acceptors (Lipinski definition) is 5. The first-order valence-corrected chi connectivity index (χ1v) is 7.41. The van der Waals surface area contributed by atoms with Crippen molar-refractivity contribution in [1.82, 2.24) is 15.1 Å². The minimum atomic E-state index is 0.0902. The van der Waals surface area contributed by atoms with Gasteiger partial charge < -0.3 is 19.9 Å². The second-order valence-electron chi connectivity index (χ2n) is 5.22. The molecule has 0 spiro atoms. The van der Waals surface area contributed by atoms with Gasteiger partial charge in [-0.25, -0.2) is 0 Å². The third-order valence-electron chi connectivity index (χ3n) is 3.98. The number of ether oxygens (including phenoxy) is 2. The van der Waals surface area contributed by atoms with Crippen molar-refractivity contribution in [1.29, 1.82) is 0 Å². The fourth-order valence-electron chi connectivity index (χ4n) is 2.91. The number of nitrogens with one attached hydrogen (secondary N) is 1. The molecule has 0 fully saturated rings. The molecule has 1 aromatic carbocycles. The van der Waals surface area contributed by atoms with Crippen molar-refractivity contribution >= 4 is 0 Å². The van der Waals surface area contributed by atoms with Crippen molar-refractivity contribution in [2.24, 2.45) is 0 Å². The molecule has 22 heavy (non-hydrogen) atoms. The van der Waals surface area contributed by atoms with Crippen LogP contribution in [0.3, 0.4) is 0 Å². The van der Waals surface area contributed by atoms with E-state index in [1.807, 2.05) is 22.9 Å². The van der Waals surface area contributed by atoms with E-state index in [2.05, 4.69) is 5.32 Å². The van der Waals surface area contributed by atoms with Gasteiger partial charge in [-0.3, -0.25) is 4.68 Å². The maximum Gasteiger partial charge on any atom is 0.161 e. The molecule has 2 heterocycles. The van der Waals surface area contributed by atoms with Crippen LogP contribution in [0, 0.1) is 0 Å². The quantitative estimate of drug-likeness (QED) is 0.869. The van der Waals surface area contributed by atoms with Crippen LogP contribution in [-0.4, -0.2) is 42.3 Å². The summed E-state index contributed by atoms with van der Waals surface area (Å²) in [5.41, 5.74) is 4.34. The zero-order valence-corrected chi connectivity index (χ0v) is 12.9. The largest absolute Gasteiger partial charge is 0.493 e. The van der Waals surface area contributed by atoms with Crippen LogP contribution in [0.5, 0.6) is 11.5 Å². The Balaban J connectivity index is 2.08. The van der Waals surface area contributed by atoms with Gasteiger partial charge in [-0.2, -0.15) is 5.10 Å². The molecule has 0 aliphatic carbocycles. The van der Waals surface area contributed by atoms with Gasteiger partial charge in [0.25, 0.3) is 0 Å². The van der Waals surface area contributed by atoms with Crippen LogP contribution >= 0.6 is 0 Å². The molecule has 118 valence electrons. The summed E-state index contributed by atoms with van der Waals surface area (Å²) < 4.78 is 12.6. The van der Waals surface area contributed by atoms with E-state index < -0.39 is 0 Å². The summed E-state index contributed by atoms with van der Waals surface area (Å²) >= 11 is 0. The Hall–Kier alpha value is -2.05. The van der Waals surface area contributed by atoms with Crippen LogP contribution in [0.4, 0.5) is 0 Å². The van der Waals surface area contributed by atoms with E-state index >= 15 is 0 Å². The van der Waals surface area contributed by atoms with Crippen molar-refractivity contribution < 1.29 is 14.6 Å². The Morgan fingerprint density at radius 1 is 1.27 bits per heavy atom. The monoisotopic (exact) mass is 303 g/mol. The highest BCUT2D eigenvalue weighted by Crippen LogP contribution is 2.34. The van der Waals surface area contributed by atoms with Crippen LogP contribution in [0.15, 0.2) is 18.2 Å². The molecular weight excluding hydrogens is 282 g/mol. The number of nitrogens with zero attached hydrogens (tertiary/aromatic N) is 2. The minimum Gasteiger partial charge on any atom is -0.493 e. The van der Waals surface area contributed by atoms with E-state index in [9.17, 15) is 5.11 Å². The Bertz CT molecular complexity index is 667. The van der Waals surface area contributed by atoms with Crippen molar-refractivity contribution in [3.63, 3.8) is 0 Å². The van der Waals surface area contributed by atoms with Gasteiger partial charge in [-0.05, 0) is 18.2 Å². The highest BCUT2D eigenvalue weighted by Gasteiger charge is 2.22. The molecule has 0 amide bonds. The fraction of sp³-hybridized carbons (Fsp3) is 0.438. The van der Waals surface area contributed by atoms with E-state index in [4.69, 9.17) is 14.6 Å². The summed E-state index contributed by atoms with van der Waals surface area (Å²) in [6, 6.07) is 5.82. The summed E-state index contributed by atoms with van der Waals surface area (Å²) in [5.74, 6) is 1.39. The lowest BCUT2D eigenvalue weighted by atomic mass is 10.0. The van der Waals surface area contributed by atoms with E-state index in [1.165, 1.54) is 11.3 Å². The zero-order valence-electron chi connectivity index (χ0n) is 12.9. The highest BCUT2D eigenvalue weighted by atomic mass is 16.5. The van der Waals surface area contributed by atoms with Gasteiger partial charge in [0.1, 0.15) is 0 Å². The number of aliphatic hydroxyl groups excluding tert-OH is 1. The van der Waals surface area contributed by atoms with Crippen molar-refractivity contribution in [2.45, 2.75) is 19.5 Å². The maximum atomic E-state index is 9.24. The number of aromatic nitrogens is 2. The van der Waals surface area contributed by atoms with E-state index in [0.29, 0.717) is 18.0 Å². The molecule has 0 atom stereocenters.